The normalized spacial score (nSPS) is 11.1. The number of hydrogen-bond acceptors (Lipinski definition) is 6. The van der Waals surface area contributed by atoms with Gasteiger partial charge in [0.1, 0.15) is 10.6 Å². The number of nitrogens with zero attached hydrogens (tertiary/aromatic N) is 2. The Balaban J connectivity index is 1.71. The first-order valence-corrected chi connectivity index (χ1v) is 13.3. The number of methoxy groups -OCH3 is 1. The van der Waals surface area contributed by atoms with E-state index in [0.717, 1.165) is 40.0 Å². The first kappa shape index (κ1) is 25.0. The van der Waals surface area contributed by atoms with Crippen LogP contribution < -0.4 is 15.6 Å². The van der Waals surface area contributed by atoms with Gasteiger partial charge in [-0.05, 0) is 68.7 Å². The first-order valence-electron chi connectivity index (χ1n) is 11.5. The second-order valence-corrected chi connectivity index (χ2v) is 10.5. The van der Waals surface area contributed by atoms with Crippen molar-refractivity contribution in [2.24, 2.45) is 0 Å². The lowest BCUT2D eigenvalue weighted by Crippen LogP contribution is -2.23. The molecule has 6 nitrogen and oxygen atoms in total. The van der Waals surface area contributed by atoms with E-state index in [9.17, 15) is 9.59 Å². The Morgan fingerprint density at radius 1 is 1.14 bits per heavy atom. The number of ether oxygens (including phenoxy) is 1. The van der Waals surface area contributed by atoms with Crippen molar-refractivity contribution < 1.29 is 9.53 Å². The number of aryl methyl sites for hydroxylation is 4. The smallest absolute Gasteiger partial charge is 0.267 e. The van der Waals surface area contributed by atoms with Gasteiger partial charge >= 0.3 is 0 Å². The number of thiophene rings is 1. The molecule has 0 aliphatic heterocycles. The van der Waals surface area contributed by atoms with Gasteiger partial charge in [0.15, 0.2) is 5.16 Å². The number of rotatable bonds is 8. The van der Waals surface area contributed by atoms with Crippen molar-refractivity contribution >= 4 is 44.9 Å². The molecule has 182 valence electrons. The van der Waals surface area contributed by atoms with Gasteiger partial charge in [-0.3, -0.25) is 14.2 Å². The second-order valence-electron chi connectivity index (χ2n) is 8.47. The van der Waals surface area contributed by atoms with E-state index in [1.807, 2.05) is 63.2 Å². The Labute approximate surface area is 213 Å². The zero-order valence-corrected chi connectivity index (χ0v) is 22.2. The standard InChI is InChI=1S/C27H29N3O3S2/c1-6-7-22-18(4)24-25(35-22)29-27(30(26(24)32)19-9-11-20(33-5)12-10-19)34-15-23(31)28-21-13-8-16(2)14-17(21)3/h8-14H,6-7,15H2,1-5H3,(H,28,31). The van der Waals surface area contributed by atoms with E-state index in [-0.39, 0.29) is 17.2 Å². The molecule has 4 aromatic rings. The highest BCUT2D eigenvalue weighted by atomic mass is 32.2. The Kier molecular flexibility index (Phi) is 7.62. The predicted molar refractivity (Wildman–Crippen MR) is 146 cm³/mol. The maximum atomic E-state index is 13.7. The molecule has 4 rings (SSSR count). The molecule has 0 radical (unpaired) electrons. The van der Waals surface area contributed by atoms with E-state index >= 15 is 0 Å². The molecule has 2 aromatic heterocycles. The number of anilines is 1. The molecule has 0 fully saturated rings. The molecule has 0 aliphatic carbocycles. The van der Waals surface area contributed by atoms with Crippen molar-refractivity contribution in [3.63, 3.8) is 0 Å². The van der Waals surface area contributed by atoms with Gasteiger partial charge < -0.3 is 10.1 Å². The van der Waals surface area contributed by atoms with Crippen LogP contribution in [0.2, 0.25) is 0 Å². The van der Waals surface area contributed by atoms with Crippen molar-refractivity contribution in [2.75, 3.05) is 18.2 Å². The topological polar surface area (TPSA) is 73.2 Å². The van der Waals surface area contributed by atoms with Gasteiger partial charge in [-0.1, -0.05) is 42.8 Å². The van der Waals surface area contributed by atoms with Crippen LogP contribution in [0.1, 0.15) is 34.9 Å². The fourth-order valence-corrected chi connectivity index (χ4v) is 6.13. The molecule has 0 saturated carbocycles. The van der Waals surface area contributed by atoms with Crippen molar-refractivity contribution in [1.29, 1.82) is 0 Å². The van der Waals surface area contributed by atoms with Crippen LogP contribution in [0.15, 0.2) is 52.4 Å². The number of fused-ring (bicyclic) bond motifs is 1. The molecule has 1 N–H and O–H groups in total. The van der Waals surface area contributed by atoms with Crippen molar-refractivity contribution in [1.82, 2.24) is 9.55 Å². The third-order valence-electron chi connectivity index (χ3n) is 5.83. The fourth-order valence-electron chi connectivity index (χ4n) is 4.00. The van der Waals surface area contributed by atoms with E-state index in [4.69, 9.17) is 9.72 Å². The number of nitrogens with one attached hydrogen (secondary N) is 1. The van der Waals surface area contributed by atoms with Crippen LogP contribution in [0, 0.1) is 20.8 Å². The zero-order valence-electron chi connectivity index (χ0n) is 20.6. The van der Waals surface area contributed by atoms with Crippen molar-refractivity contribution in [2.45, 2.75) is 45.7 Å². The number of carbonyl (C=O) groups is 1. The third kappa shape index (κ3) is 5.28. The lowest BCUT2D eigenvalue weighted by Gasteiger charge is -2.13. The summed E-state index contributed by atoms with van der Waals surface area (Å²) in [5.41, 5.74) is 4.50. The molecular weight excluding hydrogens is 478 g/mol. The maximum absolute atomic E-state index is 13.7. The summed E-state index contributed by atoms with van der Waals surface area (Å²) in [6, 6.07) is 13.2. The molecular formula is C27H29N3O3S2. The molecule has 0 atom stereocenters. The van der Waals surface area contributed by atoms with Gasteiger partial charge in [-0.25, -0.2) is 4.98 Å². The van der Waals surface area contributed by atoms with Crippen LogP contribution >= 0.6 is 23.1 Å². The minimum atomic E-state index is -0.147. The van der Waals surface area contributed by atoms with Crippen LogP contribution in [0.4, 0.5) is 5.69 Å². The lowest BCUT2D eigenvalue weighted by molar-refractivity contribution is -0.113. The van der Waals surface area contributed by atoms with Crippen molar-refractivity contribution in [3.8, 4) is 11.4 Å². The van der Waals surface area contributed by atoms with E-state index in [1.165, 1.54) is 16.6 Å². The van der Waals surface area contributed by atoms with Crippen molar-refractivity contribution in [3.05, 3.63) is 74.4 Å². The number of thioether (sulfide) groups is 1. The number of aromatic nitrogens is 2. The first-order chi connectivity index (χ1) is 16.8. The molecule has 2 heterocycles. The molecule has 2 aromatic carbocycles. The summed E-state index contributed by atoms with van der Waals surface area (Å²) in [6.07, 6.45) is 1.91. The third-order valence-corrected chi connectivity index (χ3v) is 8.01. The van der Waals surface area contributed by atoms with Crippen LogP contribution in [0.3, 0.4) is 0 Å². The summed E-state index contributed by atoms with van der Waals surface area (Å²) in [5.74, 6) is 0.689. The van der Waals surface area contributed by atoms with E-state index in [0.29, 0.717) is 22.0 Å². The minimum Gasteiger partial charge on any atom is -0.497 e. The molecule has 1 amide bonds. The Bertz CT molecular complexity index is 1440. The Hall–Kier alpha value is -3.10. The van der Waals surface area contributed by atoms with Gasteiger partial charge in [-0.2, -0.15) is 0 Å². The highest BCUT2D eigenvalue weighted by Crippen LogP contribution is 2.31. The quantitative estimate of drug-likeness (QED) is 0.232. The molecule has 0 unspecified atom stereocenters. The van der Waals surface area contributed by atoms with Gasteiger partial charge in [0.05, 0.1) is 23.9 Å². The number of carbonyl (C=O) groups excluding carboxylic acids is 1. The maximum Gasteiger partial charge on any atom is 0.267 e. The largest absolute Gasteiger partial charge is 0.497 e. The fraction of sp³-hybridized carbons (Fsp3) is 0.296. The number of amides is 1. The second kappa shape index (κ2) is 10.7. The van der Waals surface area contributed by atoms with Crippen LogP contribution in [0.25, 0.3) is 15.9 Å². The molecule has 0 spiro atoms. The highest BCUT2D eigenvalue weighted by Gasteiger charge is 2.20. The molecule has 8 heteroatoms. The van der Waals surface area contributed by atoms with Gasteiger partial charge in [0, 0.05) is 10.6 Å². The van der Waals surface area contributed by atoms with Crippen LogP contribution in [-0.4, -0.2) is 28.3 Å². The summed E-state index contributed by atoms with van der Waals surface area (Å²) in [4.78, 5) is 33.3. The molecule has 0 saturated heterocycles. The Morgan fingerprint density at radius 2 is 1.89 bits per heavy atom. The number of benzene rings is 2. The van der Waals surface area contributed by atoms with Gasteiger partial charge in [0.25, 0.3) is 5.56 Å². The Morgan fingerprint density at radius 3 is 2.54 bits per heavy atom. The zero-order chi connectivity index (χ0) is 25.1. The monoisotopic (exact) mass is 507 g/mol. The number of hydrogen-bond donors (Lipinski definition) is 1. The lowest BCUT2D eigenvalue weighted by atomic mass is 10.1. The highest BCUT2D eigenvalue weighted by molar-refractivity contribution is 7.99. The summed E-state index contributed by atoms with van der Waals surface area (Å²) in [7, 11) is 1.61. The van der Waals surface area contributed by atoms with Gasteiger partial charge in [-0.15, -0.1) is 11.3 Å². The van der Waals surface area contributed by atoms with E-state index in [1.54, 1.807) is 23.0 Å². The summed E-state index contributed by atoms with van der Waals surface area (Å²) in [6.45, 7) is 8.12. The molecule has 0 aliphatic rings. The average Bonchev–Trinajstić information content (AvgIpc) is 3.15. The van der Waals surface area contributed by atoms with Gasteiger partial charge in [0.2, 0.25) is 5.91 Å². The van der Waals surface area contributed by atoms with E-state index in [2.05, 4.69) is 12.2 Å². The SMILES string of the molecule is CCCc1sc2nc(SCC(=O)Nc3ccc(C)cc3C)n(-c3ccc(OC)cc3)c(=O)c2c1C. The van der Waals surface area contributed by atoms with Crippen LogP contribution in [0.5, 0.6) is 5.75 Å². The molecule has 35 heavy (non-hydrogen) atoms. The summed E-state index contributed by atoms with van der Waals surface area (Å²) in [5, 5.41) is 4.12. The average molecular weight is 508 g/mol. The van der Waals surface area contributed by atoms with E-state index < -0.39 is 0 Å². The summed E-state index contributed by atoms with van der Waals surface area (Å²) < 4.78 is 6.88. The summed E-state index contributed by atoms with van der Waals surface area (Å²) >= 11 is 2.83. The molecule has 0 bridgehead atoms. The van der Waals surface area contributed by atoms with Crippen LogP contribution in [-0.2, 0) is 11.2 Å². The minimum absolute atomic E-state index is 0.117. The predicted octanol–water partition coefficient (Wildman–Crippen LogP) is 6.06.